The predicted molar refractivity (Wildman–Crippen MR) is 81.6 cm³/mol. The minimum Gasteiger partial charge on any atom is -0.495 e. The average molecular weight is 277 g/mol. The molecule has 20 heavy (non-hydrogen) atoms. The summed E-state index contributed by atoms with van der Waals surface area (Å²) < 4.78 is 5.39. The fourth-order valence-corrected chi connectivity index (χ4v) is 2.03. The van der Waals surface area contributed by atoms with Gasteiger partial charge in [0.15, 0.2) is 0 Å². The van der Waals surface area contributed by atoms with Gasteiger partial charge in [-0.1, -0.05) is 25.1 Å². The molecule has 0 saturated carbocycles. The zero-order chi connectivity index (χ0) is 15.3. The van der Waals surface area contributed by atoms with Gasteiger partial charge in [0.05, 0.1) is 18.7 Å². The number of carbonyl (C=O) groups is 1. The third kappa shape index (κ3) is 4.30. The zero-order valence-corrected chi connectivity index (χ0v) is 12.6. The van der Waals surface area contributed by atoms with Crippen LogP contribution in [0.1, 0.15) is 19.4 Å². The molecule has 4 nitrogen and oxygen atoms in total. The van der Waals surface area contributed by atoms with E-state index in [4.69, 9.17) is 9.84 Å². The van der Waals surface area contributed by atoms with Crippen molar-refractivity contribution in [3.8, 4) is 5.75 Å². The molecule has 0 spiro atoms. The first-order chi connectivity index (χ1) is 9.35. The predicted octanol–water partition coefficient (Wildman–Crippen LogP) is 3.11. The Hall–Kier alpha value is -1.97. The van der Waals surface area contributed by atoms with Crippen LogP contribution in [-0.4, -0.2) is 31.3 Å². The van der Waals surface area contributed by atoms with Gasteiger partial charge in [0.1, 0.15) is 5.75 Å². The monoisotopic (exact) mass is 277 g/mol. The molecule has 0 aliphatic carbocycles. The highest BCUT2D eigenvalue weighted by Gasteiger charge is 2.19. The van der Waals surface area contributed by atoms with E-state index in [0.717, 1.165) is 22.6 Å². The third-order valence-corrected chi connectivity index (χ3v) is 3.05. The molecule has 0 amide bonds. The Morgan fingerprint density at radius 3 is 2.65 bits per heavy atom. The first-order valence-corrected chi connectivity index (χ1v) is 6.62. The van der Waals surface area contributed by atoms with E-state index in [9.17, 15) is 4.79 Å². The molecule has 4 heteroatoms. The van der Waals surface area contributed by atoms with Crippen molar-refractivity contribution >= 4 is 11.7 Å². The second-order valence-corrected chi connectivity index (χ2v) is 5.25. The highest BCUT2D eigenvalue weighted by atomic mass is 16.5. The highest BCUT2D eigenvalue weighted by Crippen LogP contribution is 2.30. The summed E-state index contributed by atoms with van der Waals surface area (Å²) in [6.07, 6.45) is 0. The molecule has 0 saturated heterocycles. The van der Waals surface area contributed by atoms with Gasteiger partial charge in [-0.2, -0.15) is 0 Å². The number of aliphatic carboxylic acids is 1. The molecule has 0 aromatic heterocycles. The maximum absolute atomic E-state index is 11.1. The fraction of sp³-hybridized carbons (Fsp3) is 0.438. The number of hydrogen-bond donors (Lipinski definition) is 1. The number of carboxylic acid groups (broad SMARTS) is 1. The molecular weight excluding hydrogens is 254 g/mol. The summed E-state index contributed by atoms with van der Waals surface area (Å²) in [5.74, 6) is -0.516. The third-order valence-electron chi connectivity index (χ3n) is 3.05. The topological polar surface area (TPSA) is 49.8 Å². The first-order valence-electron chi connectivity index (χ1n) is 6.62. The normalized spacial score (nSPS) is 11.8. The van der Waals surface area contributed by atoms with Gasteiger partial charge in [-0.15, -0.1) is 0 Å². The van der Waals surface area contributed by atoms with Crippen LogP contribution in [0.15, 0.2) is 30.4 Å². The lowest BCUT2D eigenvalue weighted by atomic mass is 10.1. The van der Waals surface area contributed by atoms with Crippen molar-refractivity contribution in [1.29, 1.82) is 0 Å². The Labute approximate surface area is 120 Å². The quantitative estimate of drug-likeness (QED) is 0.778. The second kappa shape index (κ2) is 6.98. The van der Waals surface area contributed by atoms with Crippen molar-refractivity contribution in [2.45, 2.75) is 20.8 Å². The molecule has 1 aromatic rings. The lowest BCUT2D eigenvalue weighted by molar-refractivity contribution is -0.140. The summed E-state index contributed by atoms with van der Waals surface area (Å²) in [4.78, 5) is 13.1. The number of anilines is 1. The molecule has 0 fully saturated rings. The van der Waals surface area contributed by atoms with Crippen LogP contribution in [0, 0.1) is 12.8 Å². The maximum Gasteiger partial charge on any atom is 0.308 e. The zero-order valence-electron chi connectivity index (χ0n) is 12.6. The summed E-state index contributed by atoms with van der Waals surface area (Å²) in [6.45, 7) is 10.6. The molecule has 1 aromatic carbocycles. The van der Waals surface area contributed by atoms with Gasteiger partial charge in [-0.05, 0) is 31.5 Å². The average Bonchev–Trinajstić information content (AvgIpc) is 2.37. The van der Waals surface area contributed by atoms with Crippen LogP contribution in [0.25, 0.3) is 0 Å². The van der Waals surface area contributed by atoms with Gasteiger partial charge in [0, 0.05) is 13.1 Å². The van der Waals surface area contributed by atoms with Crippen LogP contribution in [0.4, 0.5) is 5.69 Å². The van der Waals surface area contributed by atoms with E-state index in [1.165, 1.54) is 0 Å². The molecule has 0 aliphatic rings. The summed E-state index contributed by atoms with van der Waals surface area (Å²) in [5.41, 5.74) is 2.99. The van der Waals surface area contributed by atoms with Gasteiger partial charge in [0.25, 0.3) is 0 Å². The molecule has 0 heterocycles. The van der Waals surface area contributed by atoms with Gasteiger partial charge < -0.3 is 14.7 Å². The number of nitrogens with zero attached hydrogens (tertiary/aromatic N) is 1. The van der Waals surface area contributed by atoms with Crippen molar-refractivity contribution in [2.75, 3.05) is 25.1 Å². The molecule has 1 rings (SSSR count). The molecule has 0 radical (unpaired) electrons. The Morgan fingerprint density at radius 1 is 1.50 bits per heavy atom. The lowest BCUT2D eigenvalue weighted by Gasteiger charge is -2.28. The van der Waals surface area contributed by atoms with Crippen LogP contribution in [-0.2, 0) is 4.79 Å². The first kappa shape index (κ1) is 16.1. The van der Waals surface area contributed by atoms with Crippen LogP contribution in [0.3, 0.4) is 0 Å². The number of carboxylic acids is 1. The van der Waals surface area contributed by atoms with Crippen molar-refractivity contribution in [1.82, 2.24) is 0 Å². The molecule has 1 atom stereocenters. The molecule has 1 N–H and O–H groups in total. The van der Waals surface area contributed by atoms with E-state index in [1.54, 1.807) is 14.0 Å². The largest absolute Gasteiger partial charge is 0.495 e. The van der Waals surface area contributed by atoms with Gasteiger partial charge in [0.2, 0.25) is 0 Å². The molecule has 0 bridgehead atoms. The van der Waals surface area contributed by atoms with Gasteiger partial charge in [-0.25, -0.2) is 0 Å². The number of ether oxygens (including phenoxy) is 1. The highest BCUT2D eigenvalue weighted by molar-refractivity contribution is 5.71. The van der Waals surface area contributed by atoms with Crippen molar-refractivity contribution in [3.05, 3.63) is 35.9 Å². The van der Waals surface area contributed by atoms with E-state index >= 15 is 0 Å². The summed E-state index contributed by atoms with van der Waals surface area (Å²) in [7, 11) is 1.62. The van der Waals surface area contributed by atoms with Crippen LogP contribution in [0.2, 0.25) is 0 Å². The Bertz CT molecular complexity index is 496. The van der Waals surface area contributed by atoms with E-state index in [0.29, 0.717) is 13.1 Å². The Morgan fingerprint density at radius 2 is 2.15 bits per heavy atom. The minimum absolute atomic E-state index is 0.419. The van der Waals surface area contributed by atoms with Crippen LogP contribution in [0.5, 0.6) is 5.75 Å². The molecular formula is C16H23NO3. The van der Waals surface area contributed by atoms with Crippen molar-refractivity contribution in [2.24, 2.45) is 5.92 Å². The lowest BCUT2D eigenvalue weighted by Crippen LogP contribution is -2.33. The number of aryl methyl sites for hydroxylation is 1. The summed E-state index contributed by atoms with van der Waals surface area (Å²) in [6, 6.07) is 5.89. The SMILES string of the molecule is C=C(C)CN(CC(C)C(=O)O)c1cc(C)ccc1OC. The summed E-state index contributed by atoms with van der Waals surface area (Å²) in [5, 5.41) is 9.11. The number of benzene rings is 1. The summed E-state index contributed by atoms with van der Waals surface area (Å²) >= 11 is 0. The smallest absolute Gasteiger partial charge is 0.308 e. The van der Waals surface area contributed by atoms with Crippen molar-refractivity contribution < 1.29 is 14.6 Å². The maximum atomic E-state index is 11.1. The van der Waals surface area contributed by atoms with Gasteiger partial charge in [-0.3, -0.25) is 4.79 Å². The van der Waals surface area contributed by atoms with E-state index in [2.05, 4.69) is 6.58 Å². The molecule has 0 aliphatic heterocycles. The van der Waals surface area contributed by atoms with E-state index in [1.807, 2.05) is 36.9 Å². The molecule has 1 unspecified atom stereocenters. The molecule has 110 valence electrons. The number of hydrogen-bond acceptors (Lipinski definition) is 3. The van der Waals surface area contributed by atoms with Crippen LogP contribution < -0.4 is 9.64 Å². The standard InChI is InChI=1S/C16H23NO3/c1-11(2)9-17(10-13(4)16(18)19)14-8-12(3)6-7-15(14)20-5/h6-8,13H,1,9-10H2,2-5H3,(H,18,19). The minimum atomic E-state index is -0.802. The Balaban J connectivity index is 3.12. The second-order valence-electron chi connectivity index (χ2n) is 5.25. The fourth-order valence-electron chi connectivity index (χ4n) is 2.03. The van der Waals surface area contributed by atoms with Crippen LogP contribution >= 0.6 is 0 Å². The van der Waals surface area contributed by atoms with Crippen molar-refractivity contribution in [3.63, 3.8) is 0 Å². The number of rotatable bonds is 7. The number of methoxy groups -OCH3 is 1. The van der Waals surface area contributed by atoms with E-state index in [-0.39, 0.29) is 0 Å². The van der Waals surface area contributed by atoms with E-state index < -0.39 is 11.9 Å². The van der Waals surface area contributed by atoms with Gasteiger partial charge >= 0.3 is 5.97 Å². The Kier molecular flexibility index (Phi) is 5.62.